The second kappa shape index (κ2) is 7.04. The summed E-state index contributed by atoms with van der Waals surface area (Å²) in [7, 11) is 0. The Hall–Kier alpha value is -0.890. The maximum atomic E-state index is 8.69. The van der Waals surface area contributed by atoms with E-state index in [1.807, 2.05) is 0 Å². The average molecular weight is 272 g/mol. The lowest BCUT2D eigenvalue weighted by atomic mass is 10.2. The first-order chi connectivity index (χ1) is 9.22. The van der Waals surface area contributed by atoms with Gasteiger partial charge in [-0.3, -0.25) is 9.80 Å². The van der Waals surface area contributed by atoms with Gasteiger partial charge in [0, 0.05) is 32.7 Å². The molecule has 2 aliphatic heterocycles. The molecule has 0 saturated carbocycles. The first-order valence-electron chi connectivity index (χ1n) is 6.88. The Morgan fingerprint density at radius 3 is 2.74 bits per heavy atom. The lowest BCUT2D eigenvalue weighted by molar-refractivity contribution is -0.0627. The molecule has 2 unspecified atom stereocenters. The van der Waals surface area contributed by atoms with Crippen LogP contribution < -0.4 is 5.73 Å². The highest BCUT2D eigenvalue weighted by Crippen LogP contribution is 2.10. The number of hydrogen-bond donors (Lipinski definition) is 2. The van der Waals surface area contributed by atoms with Gasteiger partial charge in [-0.2, -0.15) is 0 Å². The van der Waals surface area contributed by atoms with Crippen molar-refractivity contribution in [3.05, 3.63) is 0 Å². The fourth-order valence-corrected chi connectivity index (χ4v) is 2.58. The number of likely N-dealkylation sites (N-methyl/N-ethyl adjacent to an activating group) is 1. The van der Waals surface area contributed by atoms with Gasteiger partial charge in [-0.15, -0.1) is 0 Å². The highest BCUT2D eigenvalue weighted by molar-refractivity contribution is 5.84. The molecule has 0 radical (unpaired) electrons. The highest BCUT2D eigenvalue weighted by atomic mass is 16.5. The van der Waals surface area contributed by atoms with E-state index in [2.05, 4.69) is 21.9 Å². The molecule has 19 heavy (non-hydrogen) atoms. The standard InChI is InChI=1S/C12H24N4O3/c1-2-15-3-5-18-10(7-15)8-16-4-6-19-11(9-16)12(13)14-17/h10-11,17H,2-9H2,1H3,(H2,13,14). The van der Waals surface area contributed by atoms with Crippen LogP contribution in [0.15, 0.2) is 5.16 Å². The number of nitrogens with zero attached hydrogens (tertiary/aromatic N) is 3. The van der Waals surface area contributed by atoms with Crippen molar-refractivity contribution < 1.29 is 14.7 Å². The van der Waals surface area contributed by atoms with Gasteiger partial charge in [0.2, 0.25) is 0 Å². The number of morpholine rings is 2. The largest absolute Gasteiger partial charge is 0.409 e. The van der Waals surface area contributed by atoms with Crippen molar-refractivity contribution in [1.29, 1.82) is 0 Å². The fraction of sp³-hybridized carbons (Fsp3) is 0.917. The van der Waals surface area contributed by atoms with Gasteiger partial charge in [0.25, 0.3) is 0 Å². The normalized spacial score (nSPS) is 31.5. The molecule has 0 aromatic heterocycles. The molecule has 0 aliphatic carbocycles. The van der Waals surface area contributed by atoms with E-state index in [0.717, 1.165) is 39.3 Å². The lowest BCUT2D eigenvalue weighted by Crippen LogP contribution is -2.53. The van der Waals surface area contributed by atoms with Crippen LogP contribution in [0.25, 0.3) is 0 Å². The van der Waals surface area contributed by atoms with Crippen molar-refractivity contribution in [3.8, 4) is 0 Å². The number of rotatable bonds is 4. The highest BCUT2D eigenvalue weighted by Gasteiger charge is 2.27. The van der Waals surface area contributed by atoms with Crippen LogP contribution in [-0.2, 0) is 9.47 Å². The van der Waals surface area contributed by atoms with Gasteiger partial charge < -0.3 is 20.4 Å². The zero-order valence-electron chi connectivity index (χ0n) is 11.5. The number of amidine groups is 1. The summed E-state index contributed by atoms with van der Waals surface area (Å²) in [5.74, 6) is 0.143. The molecule has 2 atom stereocenters. The minimum Gasteiger partial charge on any atom is -0.409 e. The lowest BCUT2D eigenvalue weighted by Gasteiger charge is -2.38. The maximum Gasteiger partial charge on any atom is 0.169 e. The smallest absolute Gasteiger partial charge is 0.169 e. The van der Waals surface area contributed by atoms with Crippen LogP contribution in [0.4, 0.5) is 0 Å². The summed E-state index contributed by atoms with van der Waals surface area (Å²) in [6, 6.07) is 0. The number of oxime groups is 1. The van der Waals surface area contributed by atoms with Crippen molar-refractivity contribution in [3.63, 3.8) is 0 Å². The molecular weight excluding hydrogens is 248 g/mol. The molecule has 2 fully saturated rings. The quantitative estimate of drug-likeness (QED) is 0.300. The Morgan fingerprint density at radius 2 is 2.00 bits per heavy atom. The molecule has 3 N–H and O–H groups in total. The van der Waals surface area contributed by atoms with Crippen LogP contribution in [0, 0.1) is 0 Å². The molecule has 7 nitrogen and oxygen atoms in total. The van der Waals surface area contributed by atoms with Gasteiger partial charge in [-0.1, -0.05) is 12.1 Å². The number of ether oxygens (including phenoxy) is 2. The van der Waals surface area contributed by atoms with Crippen molar-refractivity contribution in [2.24, 2.45) is 10.9 Å². The monoisotopic (exact) mass is 272 g/mol. The first kappa shape index (κ1) is 14.5. The van der Waals surface area contributed by atoms with Crippen LogP contribution in [0.3, 0.4) is 0 Å². The van der Waals surface area contributed by atoms with E-state index in [0.29, 0.717) is 13.2 Å². The minimum absolute atomic E-state index is 0.143. The summed E-state index contributed by atoms with van der Waals surface area (Å²) >= 11 is 0. The predicted molar refractivity (Wildman–Crippen MR) is 71.4 cm³/mol. The minimum atomic E-state index is -0.315. The Morgan fingerprint density at radius 1 is 1.26 bits per heavy atom. The predicted octanol–water partition coefficient (Wildman–Crippen LogP) is -0.846. The molecule has 7 heteroatoms. The van der Waals surface area contributed by atoms with Crippen LogP contribution in [0.2, 0.25) is 0 Å². The van der Waals surface area contributed by atoms with Gasteiger partial charge in [-0.25, -0.2) is 0 Å². The van der Waals surface area contributed by atoms with Crippen molar-refractivity contribution in [2.75, 3.05) is 52.5 Å². The van der Waals surface area contributed by atoms with Crippen LogP contribution in [0.5, 0.6) is 0 Å². The Balaban J connectivity index is 1.81. The molecule has 0 amide bonds. The molecule has 2 aliphatic rings. The summed E-state index contributed by atoms with van der Waals surface area (Å²) in [5, 5.41) is 11.7. The molecule has 0 aromatic carbocycles. The molecule has 2 saturated heterocycles. The zero-order valence-corrected chi connectivity index (χ0v) is 11.5. The van der Waals surface area contributed by atoms with E-state index in [1.54, 1.807) is 0 Å². The third-order valence-electron chi connectivity index (χ3n) is 3.73. The third-order valence-corrected chi connectivity index (χ3v) is 3.73. The number of nitrogens with two attached hydrogens (primary N) is 1. The topological polar surface area (TPSA) is 83.5 Å². The van der Waals surface area contributed by atoms with E-state index in [9.17, 15) is 0 Å². The molecule has 2 heterocycles. The van der Waals surface area contributed by atoms with E-state index in [4.69, 9.17) is 20.4 Å². The van der Waals surface area contributed by atoms with E-state index in [-0.39, 0.29) is 18.0 Å². The summed E-state index contributed by atoms with van der Waals surface area (Å²) in [6.45, 7) is 9.02. The molecule has 0 aromatic rings. The third kappa shape index (κ3) is 4.04. The molecule has 2 rings (SSSR count). The molecule has 0 spiro atoms. The molecular formula is C12H24N4O3. The van der Waals surface area contributed by atoms with Gasteiger partial charge in [0.05, 0.1) is 19.3 Å². The van der Waals surface area contributed by atoms with E-state index < -0.39 is 0 Å². The first-order valence-corrected chi connectivity index (χ1v) is 6.88. The van der Waals surface area contributed by atoms with Crippen molar-refractivity contribution >= 4 is 5.84 Å². The van der Waals surface area contributed by atoms with E-state index in [1.165, 1.54) is 0 Å². The maximum absolute atomic E-state index is 8.69. The van der Waals surface area contributed by atoms with Gasteiger partial charge in [-0.05, 0) is 6.54 Å². The van der Waals surface area contributed by atoms with E-state index >= 15 is 0 Å². The fourth-order valence-electron chi connectivity index (χ4n) is 2.58. The van der Waals surface area contributed by atoms with Gasteiger partial charge in [0.1, 0.15) is 6.10 Å². The average Bonchev–Trinajstić information content (AvgIpc) is 2.47. The Kier molecular flexibility index (Phi) is 5.38. The summed E-state index contributed by atoms with van der Waals surface area (Å²) in [4.78, 5) is 4.66. The summed E-state index contributed by atoms with van der Waals surface area (Å²) in [6.07, 6.45) is -0.0793. The summed E-state index contributed by atoms with van der Waals surface area (Å²) in [5.41, 5.74) is 5.60. The van der Waals surface area contributed by atoms with Crippen molar-refractivity contribution in [2.45, 2.75) is 19.1 Å². The van der Waals surface area contributed by atoms with Gasteiger partial charge >= 0.3 is 0 Å². The second-order valence-electron chi connectivity index (χ2n) is 5.03. The van der Waals surface area contributed by atoms with Gasteiger partial charge in [0.15, 0.2) is 5.84 Å². The number of hydrogen-bond acceptors (Lipinski definition) is 6. The molecule has 110 valence electrons. The zero-order chi connectivity index (χ0) is 13.7. The van der Waals surface area contributed by atoms with Crippen LogP contribution in [-0.4, -0.2) is 85.5 Å². The summed E-state index contributed by atoms with van der Waals surface area (Å²) < 4.78 is 11.3. The van der Waals surface area contributed by atoms with Crippen LogP contribution >= 0.6 is 0 Å². The van der Waals surface area contributed by atoms with Crippen LogP contribution in [0.1, 0.15) is 6.92 Å². The Labute approximate surface area is 113 Å². The Bertz CT molecular complexity index is 313. The van der Waals surface area contributed by atoms with Crippen molar-refractivity contribution in [1.82, 2.24) is 9.80 Å². The second-order valence-corrected chi connectivity index (χ2v) is 5.03. The molecule has 0 bridgehead atoms. The SMILES string of the molecule is CCN1CCOC(CN2CCOC(C(N)=NO)C2)C1.